The number of carbonyl (C=O) groups is 2. The molecule has 8 saturated heterocycles. The van der Waals surface area contributed by atoms with Crippen molar-refractivity contribution in [1.29, 1.82) is 0 Å². The average Bonchev–Trinajstić information content (AvgIpc) is 0.779. The maximum Gasteiger partial charge on any atom is 0.217 e. The highest BCUT2D eigenvalue weighted by molar-refractivity contribution is 5.73. The molecule has 42 heteroatoms. The molecule has 0 radical (unpaired) electrons. The number of rotatable bonds is 23. The second-order valence-corrected chi connectivity index (χ2v) is 23.4. The van der Waals surface area contributed by atoms with Gasteiger partial charge in [-0.1, -0.05) is 0 Å². The van der Waals surface area contributed by atoms with Gasteiger partial charge in [-0.3, -0.25) is 9.59 Å². The summed E-state index contributed by atoms with van der Waals surface area (Å²) >= 11 is 0. The van der Waals surface area contributed by atoms with E-state index >= 15 is 0 Å². The Labute approximate surface area is 525 Å². The summed E-state index contributed by atoms with van der Waals surface area (Å²) in [5.41, 5.74) is 0. The zero-order valence-corrected chi connectivity index (χ0v) is 49.4. The summed E-state index contributed by atoms with van der Waals surface area (Å²) in [6, 6.07) is -3.55. The highest BCUT2D eigenvalue weighted by Gasteiger charge is 2.60. The molecule has 2 amide bonds. The zero-order chi connectivity index (χ0) is 68.3. The number of carbonyl (C=O) groups excluding carboxylic acids is 2. The number of ether oxygens (including phenoxy) is 15. The van der Waals surface area contributed by atoms with E-state index in [-0.39, 0.29) is 0 Å². The first-order chi connectivity index (χ1) is 44.0. The molecular weight excluding hydrogens is 1280 g/mol. The van der Waals surface area contributed by atoms with Crippen LogP contribution >= 0.6 is 0 Å². The largest absolute Gasteiger partial charge is 0.394 e. The summed E-state index contributed by atoms with van der Waals surface area (Å²) in [4.78, 5) is 25.1. The molecule has 8 rings (SSSR count). The van der Waals surface area contributed by atoms with E-state index in [1.165, 1.54) is 0 Å². The number of nitrogens with one attached hydrogen (secondary N) is 2. The standard InChI is InChI=1S/C51H86N2O40/c1-11(60)52-21-29(69)38(18(7-58)81-44(21)78)88-45-22(53-12(2)61)30(70)39(19(8-59)86-45)89-51-43(93-46-34(74)23(63)13(62)9-79-46)41(91-50-42(33(73)26(66)16(5-56)85-50)92-49-36(76)32(72)25(65)15(4-55)84-49)28(68)20(87-51)10-80-47-37(77)40(27(67)17(6-57)82-47)90-48-35(75)31(71)24(64)14(3-54)83-48/h13-51,54-59,62-78H,3-10H2,1-2H3,(H,52,60)(H,53,61)/t13-,14-,15-,16-,17-,18-,19-,20-,21-,22-,23+,24-,25+,26-,27-,28-,29-,30-,31+,32+,33+,34-,35+,36-,37+,38-,39-,40+,41+,42+,43+,44?,45+,46+,47+,48-,49+,50-,51+/m1/s1. The predicted molar refractivity (Wildman–Crippen MR) is 282 cm³/mol. The van der Waals surface area contributed by atoms with Gasteiger partial charge in [0.1, 0.15) is 189 Å². The summed E-state index contributed by atoms with van der Waals surface area (Å²) < 4.78 is 88.1. The van der Waals surface area contributed by atoms with Crippen molar-refractivity contribution in [2.45, 2.75) is 253 Å². The Morgan fingerprint density at radius 1 is 0.323 bits per heavy atom. The molecule has 8 fully saturated rings. The second-order valence-electron chi connectivity index (χ2n) is 23.4. The third kappa shape index (κ3) is 16.5. The number of amides is 2. The third-order valence-corrected chi connectivity index (χ3v) is 17.1. The summed E-state index contributed by atoms with van der Waals surface area (Å²) in [5, 5.41) is 256. The van der Waals surface area contributed by atoms with Crippen LogP contribution in [0.4, 0.5) is 0 Å². The fourth-order valence-electron chi connectivity index (χ4n) is 11.9. The van der Waals surface area contributed by atoms with Crippen LogP contribution in [-0.4, -0.2) is 422 Å². The van der Waals surface area contributed by atoms with E-state index in [2.05, 4.69) is 10.6 Å². The Bertz CT molecular complexity index is 2330. The minimum atomic E-state index is -2.42. The molecule has 0 aromatic heterocycles. The van der Waals surface area contributed by atoms with Crippen molar-refractivity contribution < 1.29 is 198 Å². The quantitative estimate of drug-likeness (QED) is 0.0452. The van der Waals surface area contributed by atoms with Crippen LogP contribution in [0.5, 0.6) is 0 Å². The van der Waals surface area contributed by atoms with E-state index in [4.69, 9.17) is 71.1 Å². The monoisotopic (exact) mass is 1370 g/mol. The maximum atomic E-state index is 13.0. The lowest BCUT2D eigenvalue weighted by Gasteiger charge is -2.52. The summed E-state index contributed by atoms with van der Waals surface area (Å²) in [5.74, 6) is -1.70. The van der Waals surface area contributed by atoms with Crippen molar-refractivity contribution in [1.82, 2.24) is 10.6 Å². The molecule has 39 atom stereocenters. The first-order valence-corrected chi connectivity index (χ1v) is 29.5. The second kappa shape index (κ2) is 33.1. The number of hydrogen-bond acceptors (Lipinski definition) is 40. The van der Waals surface area contributed by atoms with Gasteiger partial charge in [-0.25, -0.2) is 0 Å². The summed E-state index contributed by atoms with van der Waals surface area (Å²) in [6.45, 7) is -6.29. The lowest BCUT2D eigenvalue weighted by atomic mass is 9.93. The first-order valence-electron chi connectivity index (χ1n) is 29.5. The van der Waals surface area contributed by atoms with Crippen LogP contribution in [0.2, 0.25) is 0 Å². The molecule has 0 aromatic carbocycles. The van der Waals surface area contributed by atoms with Gasteiger partial charge < -0.3 is 199 Å². The Balaban J connectivity index is 1.18. The highest BCUT2D eigenvalue weighted by Crippen LogP contribution is 2.39. The van der Waals surface area contributed by atoms with Crippen LogP contribution < -0.4 is 10.6 Å². The number of aliphatic hydroxyl groups is 23. The molecule has 1 unspecified atom stereocenters. The minimum Gasteiger partial charge on any atom is -0.394 e. The molecule has 8 heterocycles. The fraction of sp³-hybridized carbons (Fsp3) is 0.961. The van der Waals surface area contributed by atoms with Gasteiger partial charge in [0.2, 0.25) is 11.8 Å². The normalized spacial score (nSPS) is 50.8. The van der Waals surface area contributed by atoms with Crippen LogP contribution in [0.25, 0.3) is 0 Å². The molecule has 0 spiro atoms. The van der Waals surface area contributed by atoms with Crippen molar-refractivity contribution in [2.24, 2.45) is 0 Å². The van der Waals surface area contributed by atoms with Crippen LogP contribution in [0.1, 0.15) is 13.8 Å². The van der Waals surface area contributed by atoms with E-state index in [0.29, 0.717) is 0 Å². The average molecular weight is 1370 g/mol. The SMILES string of the molecule is CC(=O)N[C@H]1[C@H](O[C@H]2[C@H](O)[C@@H](NC(C)=O)C(O)O[C@@H]2CO)O[C@H](CO)[C@@H](O[C@@H]2O[C@H](CO[C@H]3O[C@H](CO)[C@@H](O)[C@H](O[C@H]4O[C@H](CO)[C@@H](O)[C@H](O)[C@@H]4O)[C@@H]3O)[C@@H](O)[C@H](O[C@H]3O[C@H](CO)[C@@H](O)[C@H](O)[C@@H]3O[C@@H]3O[C@H](CO)[C@H](O)[C@H](O)[C@H]3O)[C@@H]2O[C@@H]2OC[C@@H](O)[C@H](O)[C@H]2O)[C@@H]1O. The molecule has 0 saturated carbocycles. The summed E-state index contributed by atoms with van der Waals surface area (Å²) in [6.07, 6.45) is -76.6. The van der Waals surface area contributed by atoms with Gasteiger partial charge in [-0.05, 0) is 0 Å². The zero-order valence-electron chi connectivity index (χ0n) is 49.4. The topological polar surface area (TPSA) is 662 Å². The van der Waals surface area contributed by atoms with Gasteiger partial charge in [-0.2, -0.15) is 0 Å². The third-order valence-electron chi connectivity index (χ3n) is 17.1. The molecule has 8 aliphatic heterocycles. The Morgan fingerprint density at radius 2 is 0.699 bits per heavy atom. The molecule has 42 nitrogen and oxygen atoms in total. The smallest absolute Gasteiger partial charge is 0.217 e. The lowest BCUT2D eigenvalue weighted by molar-refractivity contribution is -0.412. The highest BCUT2D eigenvalue weighted by atomic mass is 16.8. The Morgan fingerprint density at radius 3 is 1.24 bits per heavy atom. The molecule has 25 N–H and O–H groups in total. The van der Waals surface area contributed by atoms with Crippen molar-refractivity contribution in [2.75, 3.05) is 52.9 Å². The lowest BCUT2D eigenvalue weighted by Crippen LogP contribution is -2.71. The van der Waals surface area contributed by atoms with E-state index < -0.39 is 304 Å². The van der Waals surface area contributed by atoms with E-state index in [1.54, 1.807) is 0 Å². The number of hydrogen-bond donors (Lipinski definition) is 25. The molecule has 0 aliphatic carbocycles. The Hall–Kier alpha value is -2.58. The minimum absolute atomic E-state index is 0.773. The van der Waals surface area contributed by atoms with Crippen molar-refractivity contribution in [3.05, 3.63) is 0 Å². The van der Waals surface area contributed by atoms with E-state index in [0.717, 1.165) is 13.8 Å². The predicted octanol–water partition coefficient (Wildman–Crippen LogP) is -17.5. The number of aliphatic hydroxyl groups excluding tert-OH is 23. The summed E-state index contributed by atoms with van der Waals surface area (Å²) in [7, 11) is 0. The van der Waals surface area contributed by atoms with Gasteiger partial charge >= 0.3 is 0 Å². The van der Waals surface area contributed by atoms with Gasteiger partial charge in [0.15, 0.2) is 50.3 Å². The molecule has 0 aromatic rings. The fourth-order valence-corrected chi connectivity index (χ4v) is 11.9. The first kappa shape index (κ1) is 76.2. The molecule has 8 aliphatic rings. The van der Waals surface area contributed by atoms with Crippen LogP contribution in [-0.2, 0) is 80.6 Å². The van der Waals surface area contributed by atoms with Gasteiger partial charge in [0, 0.05) is 13.8 Å². The molecule has 0 bridgehead atoms. The van der Waals surface area contributed by atoms with E-state index in [1.807, 2.05) is 0 Å². The van der Waals surface area contributed by atoms with Crippen molar-refractivity contribution in [3.63, 3.8) is 0 Å². The van der Waals surface area contributed by atoms with Crippen LogP contribution in [0.3, 0.4) is 0 Å². The molecule has 93 heavy (non-hydrogen) atoms. The van der Waals surface area contributed by atoms with Gasteiger partial charge in [0.25, 0.3) is 0 Å². The van der Waals surface area contributed by atoms with Gasteiger partial charge in [-0.15, -0.1) is 0 Å². The van der Waals surface area contributed by atoms with E-state index in [9.17, 15) is 127 Å². The van der Waals surface area contributed by atoms with Crippen molar-refractivity contribution >= 4 is 11.8 Å². The van der Waals surface area contributed by atoms with Gasteiger partial charge in [0.05, 0.1) is 52.9 Å². The molecular formula is C51H86N2O40. The maximum absolute atomic E-state index is 13.0. The Kier molecular flexibility index (Phi) is 27.1. The van der Waals surface area contributed by atoms with Crippen molar-refractivity contribution in [3.8, 4) is 0 Å². The van der Waals surface area contributed by atoms with Crippen LogP contribution in [0, 0.1) is 0 Å². The van der Waals surface area contributed by atoms with Crippen LogP contribution in [0.15, 0.2) is 0 Å². The molecule has 540 valence electrons.